The zero-order valence-corrected chi connectivity index (χ0v) is 25.7. The highest BCUT2D eigenvalue weighted by Crippen LogP contribution is 2.34. The molecule has 1 aliphatic rings. The Kier molecular flexibility index (Phi) is 10.3. The predicted molar refractivity (Wildman–Crippen MR) is 164 cm³/mol. The minimum atomic E-state index is -2.33. The van der Waals surface area contributed by atoms with Crippen LogP contribution in [0, 0.1) is 20.8 Å². The molecule has 2 N–H and O–H groups in total. The Morgan fingerprint density at radius 2 is 2.12 bits per heavy atom. The molecular weight excluding hydrogens is 546 g/mol. The molecule has 9 nitrogen and oxygen atoms in total. The lowest BCUT2D eigenvalue weighted by atomic mass is 10.00. The summed E-state index contributed by atoms with van der Waals surface area (Å²) < 4.78 is 31.4. The topological polar surface area (TPSA) is 110 Å². The van der Waals surface area contributed by atoms with E-state index < -0.39 is 15.8 Å². The Morgan fingerprint density at radius 3 is 2.83 bits per heavy atom. The molecule has 1 aromatic carbocycles. The Morgan fingerprint density at radius 1 is 1.32 bits per heavy atom. The van der Waals surface area contributed by atoms with Gasteiger partial charge in [0.05, 0.1) is 24.6 Å². The second-order valence-corrected chi connectivity index (χ2v) is 13.8. The summed E-state index contributed by atoms with van der Waals surface area (Å²) in [4.78, 5) is 11.2. The molecule has 0 aliphatic carbocycles. The van der Waals surface area contributed by atoms with Gasteiger partial charge in [0.25, 0.3) is 0 Å². The van der Waals surface area contributed by atoms with E-state index in [1.807, 2.05) is 42.4 Å². The van der Waals surface area contributed by atoms with Gasteiger partial charge in [0.15, 0.2) is 5.82 Å². The molecule has 0 bridgehead atoms. The highest BCUT2D eigenvalue weighted by atomic mass is 32.2. The van der Waals surface area contributed by atoms with Crippen molar-refractivity contribution in [1.29, 1.82) is 0 Å². The van der Waals surface area contributed by atoms with Crippen molar-refractivity contribution in [3.8, 4) is 28.4 Å². The first-order chi connectivity index (χ1) is 19.1. The van der Waals surface area contributed by atoms with E-state index in [0.717, 1.165) is 45.1 Å². The lowest BCUT2D eigenvalue weighted by Gasteiger charge is -2.37. The number of benzene rings is 1. The summed E-state index contributed by atoms with van der Waals surface area (Å²) in [6.07, 6.45) is 0.819. The van der Waals surface area contributed by atoms with Crippen LogP contribution in [0.1, 0.15) is 35.2 Å². The lowest BCUT2D eigenvalue weighted by Crippen LogP contribution is -2.49. The summed E-state index contributed by atoms with van der Waals surface area (Å²) in [5.74, 6) is 5.80. The van der Waals surface area contributed by atoms with Crippen molar-refractivity contribution < 1.29 is 18.8 Å². The lowest BCUT2D eigenvalue weighted by molar-refractivity contribution is 0.0318. The minimum absolute atomic E-state index is 0.00650. The van der Waals surface area contributed by atoms with E-state index in [1.165, 1.54) is 11.5 Å². The standard InChI is InChI=1S/C29H41N5O4S2/c1-7-40(6,36)34-13-14-37-17-23(34)11-12-26-19(2)28(27-20(3)33-39-21(27)4)32-29(31-26)22-9-8-10-25(15-22)38-18-24(35)16-30-5/h8-10,15,23-24,30,35H,6-7,11-14,16-18H2,1-5H3/t23-,24?,40?/m0/s1. The third-order valence-electron chi connectivity index (χ3n) is 7.26. The molecule has 3 heterocycles. The number of rotatable bonds is 12. The van der Waals surface area contributed by atoms with Gasteiger partial charge in [0, 0.05) is 56.3 Å². The van der Waals surface area contributed by atoms with Crippen LogP contribution in [0.15, 0.2) is 24.3 Å². The monoisotopic (exact) mass is 587 g/mol. The molecule has 1 fully saturated rings. The van der Waals surface area contributed by atoms with Crippen LogP contribution in [0.2, 0.25) is 0 Å². The zero-order valence-electron chi connectivity index (χ0n) is 24.1. The Bertz CT molecular complexity index is 1390. The van der Waals surface area contributed by atoms with Crippen LogP contribution < -0.4 is 10.1 Å². The number of nitrogens with zero attached hydrogens (tertiary/aromatic N) is 4. The fourth-order valence-electron chi connectivity index (χ4n) is 4.99. The van der Waals surface area contributed by atoms with Crippen LogP contribution in [0.4, 0.5) is 0 Å². The second-order valence-electron chi connectivity index (χ2n) is 10.2. The molecule has 1 saturated heterocycles. The van der Waals surface area contributed by atoms with Crippen molar-refractivity contribution in [3.63, 3.8) is 0 Å². The fourth-order valence-corrected chi connectivity index (χ4v) is 7.14. The van der Waals surface area contributed by atoms with Gasteiger partial charge in [-0.3, -0.25) is 4.21 Å². The predicted octanol–water partition coefficient (Wildman–Crippen LogP) is 3.44. The van der Waals surface area contributed by atoms with E-state index in [4.69, 9.17) is 19.4 Å². The fraction of sp³-hybridized carbons (Fsp3) is 0.517. The van der Waals surface area contributed by atoms with Crippen LogP contribution in [0.25, 0.3) is 22.6 Å². The van der Waals surface area contributed by atoms with Gasteiger partial charge in [-0.1, -0.05) is 19.1 Å². The number of aryl methyl sites for hydroxylation is 3. The number of aliphatic hydroxyl groups excluding tert-OH is 1. The average molecular weight is 588 g/mol. The summed E-state index contributed by atoms with van der Waals surface area (Å²) in [5.41, 5.74) is 5.67. The summed E-state index contributed by atoms with van der Waals surface area (Å²) in [7, 11) is -0.541. The second kappa shape index (κ2) is 13.5. The molecule has 3 aromatic rings. The van der Waals surface area contributed by atoms with Gasteiger partial charge < -0.3 is 19.9 Å². The number of hydrogen-bond acceptors (Lipinski definition) is 9. The Labute approximate surface area is 242 Å². The van der Waals surface area contributed by atoms with Crippen molar-refractivity contribution in [1.82, 2.24) is 24.0 Å². The van der Waals surface area contributed by atoms with E-state index in [1.54, 1.807) is 7.05 Å². The van der Waals surface area contributed by atoms with E-state index in [-0.39, 0.29) is 12.6 Å². The molecule has 0 saturated carbocycles. The molecule has 0 spiro atoms. The summed E-state index contributed by atoms with van der Waals surface area (Å²) in [5, 5.41) is 13.0. The van der Waals surface area contributed by atoms with Gasteiger partial charge in [0.1, 0.15) is 18.5 Å². The van der Waals surface area contributed by atoms with Crippen molar-refractivity contribution in [2.45, 2.75) is 52.7 Å². The molecule has 3 atom stereocenters. The molecular formula is C29H41N5O4S2. The number of nitrogens with one attached hydrogen (secondary N) is 1. The molecule has 11 heteroatoms. The van der Waals surface area contributed by atoms with Crippen LogP contribution in [0.5, 0.6) is 5.75 Å². The molecule has 218 valence electrons. The summed E-state index contributed by atoms with van der Waals surface area (Å²) in [6.45, 7) is 10.4. The van der Waals surface area contributed by atoms with Crippen molar-refractivity contribution in [2.75, 3.05) is 45.7 Å². The van der Waals surface area contributed by atoms with E-state index in [0.29, 0.717) is 50.1 Å². The first-order valence-electron chi connectivity index (χ1n) is 13.7. The largest absolute Gasteiger partial charge is 0.491 e. The summed E-state index contributed by atoms with van der Waals surface area (Å²) >= 11 is 1.48. The third-order valence-corrected chi connectivity index (χ3v) is 10.3. The number of hydrogen-bond donors (Lipinski definition) is 2. The first kappa shape index (κ1) is 30.5. The number of ether oxygens (including phenoxy) is 2. The molecule has 0 radical (unpaired) electrons. The van der Waals surface area contributed by atoms with E-state index in [2.05, 4.69) is 29.4 Å². The van der Waals surface area contributed by atoms with Crippen LogP contribution in [-0.4, -0.2) is 91.7 Å². The number of aromatic nitrogens is 3. The average Bonchev–Trinajstić information content (AvgIpc) is 3.29. The SMILES string of the molecule is C=S(=O)(CC)N1CCOC[C@@H]1CCc1nc(-c2cccc(OCC(O)CNC)c2)nc(-c2c(C)nsc2C)c1C. The third kappa shape index (κ3) is 7.07. The summed E-state index contributed by atoms with van der Waals surface area (Å²) in [6, 6.07) is 7.66. The van der Waals surface area contributed by atoms with Crippen molar-refractivity contribution >= 4 is 27.1 Å². The number of likely N-dealkylation sites (N-methyl/N-ethyl adjacent to an activating group) is 1. The molecule has 4 rings (SSSR count). The van der Waals surface area contributed by atoms with Gasteiger partial charge in [-0.25, -0.2) is 14.3 Å². The highest BCUT2D eigenvalue weighted by molar-refractivity contribution is 7.98. The highest BCUT2D eigenvalue weighted by Gasteiger charge is 2.29. The minimum Gasteiger partial charge on any atom is -0.491 e. The number of morpholine rings is 1. The first-order valence-corrected chi connectivity index (χ1v) is 16.3. The van der Waals surface area contributed by atoms with Crippen molar-refractivity contribution in [3.05, 3.63) is 46.1 Å². The van der Waals surface area contributed by atoms with Crippen molar-refractivity contribution in [2.24, 2.45) is 0 Å². The quantitative estimate of drug-likeness (QED) is 0.310. The van der Waals surface area contributed by atoms with E-state index >= 15 is 0 Å². The maximum atomic E-state index is 13.2. The zero-order chi connectivity index (χ0) is 28.9. The van der Waals surface area contributed by atoms with Crippen LogP contribution in [-0.2, 0) is 20.9 Å². The van der Waals surface area contributed by atoms with Gasteiger partial charge in [0.2, 0.25) is 0 Å². The molecule has 2 unspecified atom stereocenters. The van der Waals surface area contributed by atoms with Crippen LogP contribution in [0.3, 0.4) is 0 Å². The molecule has 40 heavy (non-hydrogen) atoms. The Balaban J connectivity index is 1.69. The number of aliphatic hydroxyl groups is 1. The van der Waals surface area contributed by atoms with Gasteiger partial charge in [-0.2, -0.15) is 4.37 Å². The van der Waals surface area contributed by atoms with Crippen LogP contribution >= 0.6 is 11.5 Å². The van der Waals surface area contributed by atoms with E-state index in [9.17, 15) is 9.32 Å². The molecule has 2 aromatic heterocycles. The molecule has 1 aliphatic heterocycles. The van der Waals surface area contributed by atoms with Gasteiger partial charge in [-0.15, -0.1) is 0 Å². The normalized spacial score (nSPS) is 18.4. The van der Waals surface area contributed by atoms with Gasteiger partial charge >= 0.3 is 0 Å². The Hall–Kier alpha value is -2.41. The molecule has 0 amide bonds. The maximum Gasteiger partial charge on any atom is 0.160 e. The maximum absolute atomic E-state index is 13.2. The smallest absolute Gasteiger partial charge is 0.160 e. The van der Waals surface area contributed by atoms with Gasteiger partial charge in [-0.05, 0) is 75.8 Å².